The minimum atomic E-state index is -4.46. The maximum absolute atomic E-state index is 12.6. The number of aromatic nitrogens is 2. The summed E-state index contributed by atoms with van der Waals surface area (Å²) in [5, 5.41) is 6.55. The Kier molecular flexibility index (Phi) is 10.9. The van der Waals surface area contributed by atoms with E-state index in [1.54, 1.807) is 30.5 Å². The second-order valence-electron chi connectivity index (χ2n) is 9.60. The van der Waals surface area contributed by atoms with Crippen molar-refractivity contribution in [3.05, 3.63) is 135 Å². The highest BCUT2D eigenvalue weighted by atomic mass is 35.5. The van der Waals surface area contributed by atoms with Crippen LogP contribution in [0, 0.1) is 0 Å². The number of rotatable bonds is 8. The first-order valence-corrected chi connectivity index (χ1v) is 13.9. The molecule has 1 aromatic heterocycles. The van der Waals surface area contributed by atoms with Gasteiger partial charge in [-0.05, 0) is 77.4 Å². The molecule has 3 N–H and O–H groups in total. The fourth-order valence-corrected chi connectivity index (χ4v) is 4.44. The lowest BCUT2D eigenvalue weighted by Crippen LogP contribution is -2.11. The Hall–Kier alpha value is -4.68. The van der Waals surface area contributed by atoms with Gasteiger partial charge in [-0.25, -0.2) is 0 Å². The zero-order valence-corrected chi connectivity index (χ0v) is 24.9. The molecule has 240 valence electrons. The van der Waals surface area contributed by atoms with E-state index in [9.17, 15) is 31.1 Å². The molecule has 5 aromatic rings. The quantitative estimate of drug-likeness (QED) is 0.160. The second kappa shape index (κ2) is 14.6. The van der Waals surface area contributed by atoms with E-state index in [4.69, 9.17) is 38.4 Å². The monoisotopic (exact) mass is 681 g/mol. The van der Waals surface area contributed by atoms with Crippen LogP contribution in [0.2, 0.25) is 10.0 Å². The SMILES string of the molecule is FC(F)(F)c1ccc(OCc2cccc(-c3ccn[nH]3)c2)c(Cl)c1.NC(=O)c1cccc(COc2ccc(C(F)(F)F)cc2Cl)c1. The molecule has 1 heterocycles. The number of nitrogens with two attached hydrogens (primary N) is 1. The van der Waals surface area contributed by atoms with Crippen LogP contribution in [0.15, 0.2) is 97.2 Å². The molecule has 0 aliphatic heterocycles. The number of halogens is 8. The number of hydrogen-bond donors (Lipinski definition) is 2. The molecular formula is C32H23Cl2F6N3O3. The lowest BCUT2D eigenvalue weighted by Gasteiger charge is -2.12. The summed E-state index contributed by atoms with van der Waals surface area (Å²) in [5.74, 6) is -0.245. The predicted octanol–water partition coefficient (Wildman–Crippen LogP) is 9.36. The molecule has 46 heavy (non-hydrogen) atoms. The van der Waals surface area contributed by atoms with Crippen molar-refractivity contribution in [2.24, 2.45) is 5.73 Å². The molecule has 1 amide bonds. The van der Waals surface area contributed by atoms with Crippen molar-refractivity contribution < 1.29 is 40.6 Å². The van der Waals surface area contributed by atoms with E-state index in [1.807, 2.05) is 30.3 Å². The molecule has 4 aromatic carbocycles. The zero-order valence-electron chi connectivity index (χ0n) is 23.4. The summed E-state index contributed by atoms with van der Waals surface area (Å²) in [6.07, 6.45) is -7.24. The van der Waals surface area contributed by atoms with Gasteiger partial charge < -0.3 is 15.2 Å². The van der Waals surface area contributed by atoms with Crippen molar-refractivity contribution in [3.8, 4) is 22.8 Å². The Morgan fingerprint density at radius 1 is 0.717 bits per heavy atom. The fourth-order valence-electron chi connectivity index (χ4n) is 3.97. The largest absolute Gasteiger partial charge is 0.487 e. The normalized spacial score (nSPS) is 11.4. The Morgan fingerprint density at radius 2 is 1.24 bits per heavy atom. The number of nitrogens with one attached hydrogen (secondary N) is 1. The maximum atomic E-state index is 12.6. The molecule has 0 radical (unpaired) electrons. The van der Waals surface area contributed by atoms with E-state index >= 15 is 0 Å². The summed E-state index contributed by atoms with van der Waals surface area (Å²) < 4.78 is 86.4. The third kappa shape index (κ3) is 9.41. The van der Waals surface area contributed by atoms with E-state index in [1.165, 1.54) is 6.07 Å². The van der Waals surface area contributed by atoms with Crippen LogP contribution in [0.3, 0.4) is 0 Å². The van der Waals surface area contributed by atoms with Gasteiger partial charge in [-0.3, -0.25) is 9.89 Å². The van der Waals surface area contributed by atoms with Gasteiger partial charge in [-0.1, -0.05) is 53.5 Å². The molecular weight excluding hydrogens is 659 g/mol. The molecule has 0 fully saturated rings. The number of benzene rings is 4. The Labute approximate surface area is 268 Å². The molecule has 0 atom stereocenters. The first-order chi connectivity index (χ1) is 21.7. The van der Waals surface area contributed by atoms with E-state index in [-0.39, 0.29) is 34.8 Å². The van der Waals surface area contributed by atoms with Gasteiger partial charge in [0, 0.05) is 11.8 Å². The molecule has 0 aliphatic rings. The Bertz CT molecular complexity index is 1800. The molecule has 0 saturated carbocycles. The van der Waals surface area contributed by atoms with Crippen molar-refractivity contribution in [2.45, 2.75) is 25.6 Å². The third-order valence-electron chi connectivity index (χ3n) is 6.26. The highest BCUT2D eigenvalue weighted by molar-refractivity contribution is 6.32. The number of nitrogens with zero attached hydrogens (tertiary/aromatic N) is 1. The van der Waals surface area contributed by atoms with Crippen LogP contribution in [0.25, 0.3) is 11.3 Å². The zero-order chi connectivity index (χ0) is 33.5. The fraction of sp³-hybridized carbons (Fsp3) is 0.125. The molecule has 0 aliphatic carbocycles. The van der Waals surface area contributed by atoms with Crippen molar-refractivity contribution >= 4 is 29.1 Å². The molecule has 0 unspecified atom stereocenters. The molecule has 5 rings (SSSR count). The molecule has 0 spiro atoms. The third-order valence-corrected chi connectivity index (χ3v) is 6.85. The van der Waals surface area contributed by atoms with E-state index in [2.05, 4.69) is 10.2 Å². The lowest BCUT2D eigenvalue weighted by molar-refractivity contribution is -0.138. The number of aromatic amines is 1. The Morgan fingerprint density at radius 3 is 1.70 bits per heavy atom. The summed E-state index contributed by atoms with van der Waals surface area (Å²) in [6, 6.07) is 21.7. The van der Waals surface area contributed by atoms with Crippen molar-refractivity contribution in [1.29, 1.82) is 0 Å². The molecule has 14 heteroatoms. The standard InChI is InChI=1S/C17H12ClF3N2O.C15H11ClF3NO2/c18-14-9-13(17(19,20)21)4-5-16(14)24-10-11-2-1-3-12(8-11)15-6-7-22-23-15;16-12-7-11(15(17,18)19)4-5-13(12)22-8-9-2-1-3-10(6-9)14(20)21/h1-9H,10H2,(H,22,23);1-7H,8H2,(H2,20,21). The summed E-state index contributed by atoms with van der Waals surface area (Å²) >= 11 is 11.7. The van der Waals surface area contributed by atoms with Crippen LogP contribution in [-0.4, -0.2) is 16.1 Å². The number of ether oxygens (including phenoxy) is 2. The minimum Gasteiger partial charge on any atom is -0.487 e. The van der Waals surface area contributed by atoms with Crippen LogP contribution in [0.5, 0.6) is 11.5 Å². The van der Waals surface area contributed by atoms with Crippen molar-refractivity contribution in [1.82, 2.24) is 10.2 Å². The molecule has 0 saturated heterocycles. The topological polar surface area (TPSA) is 90.2 Å². The van der Waals surface area contributed by atoms with Gasteiger partial charge >= 0.3 is 12.4 Å². The number of amides is 1. The molecule has 0 bridgehead atoms. The van der Waals surface area contributed by atoms with Crippen molar-refractivity contribution in [2.75, 3.05) is 0 Å². The summed E-state index contributed by atoms with van der Waals surface area (Å²) in [7, 11) is 0. The highest BCUT2D eigenvalue weighted by Gasteiger charge is 2.32. The number of primary amides is 1. The van der Waals surface area contributed by atoms with Crippen LogP contribution >= 0.6 is 23.2 Å². The summed E-state index contributed by atoms with van der Waals surface area (Å²) in [6.45, 7) is 0.235. The van der Waals surface area contributed by atoms with Gasteiger partial charge in [0.2, 0.25) is 5.91 Å². The van der Waals surface area contributed by atoms with Crippen LogP contribution in [0.1, 0.15) is 32.6 Å². The number of alkyl halides is 6. The maximum Gasteiger partial charge on any atom is 0.416 e. The first-order valence-electron chi connectivity index (χ1n) is 13.2. The molecule has 6 nitrogen and oxygen atoms in total. The van der Waals surface area contributed by atoms with Crippen LogP contribution in [-0.2, 0) is 25.6 Å². The first kappa shape index (κ1) is 34.2. The van der Waals surface area contributed by atoms with Gasteiger partial charge in [0.25, 0.3) is 0 Å². The average molecular weight is 682 g/mol. The smallest absolute Gasteiger partial charge is 0.416 e. The number of H-pyrrole nitrogens is 1. The minimum absolute atomic E-state index is 0.0478. The van der Waals surface area contributed by atoms with Gasteiger partial charge in [-0.15, -0.1) is 0 Å². The van der Waals surface area contributed by atoms with Gasteiger partial charge in [-0.2, -0.15) is 31.4 Å². The van der Waals surface area contributed by atoms with E-state index in [0.29, 0.717) is 11.1 Å². The van der Waals surface area contributed by atoms with Crippen molar-refractivity contribution in [3.63, 3.8) is 0 Å². The van der Waals surface area contributed by atoms with Crippen LogP contribution < -0.4 is 15.2 Å². The van der Waals surface area contributed by atoms with E-state index < -0.39 is 29.4 Å². The number of carbonyl (C=O) groups is 1. The Balaban J connectivity index is 0.000000210. The number of carbonyl (C=O) groups excluding carboxylic acids is 1. The average Bonchev–Trinajstić information content (AvgIpc) is 3.55. The number of hydrogen-bond acceptors (Lipinski definition) is 4. The lowest BCUT2D eigenvalue weighted by atomic mass is 10.1. The van der Waals surface area contributed by atoms with Gasteiger partial charge in [0.15, 0.2) is 0 Å². The summed E-state index contributed by atoms with van der Waals surface area (Å²) in [5.41, 5.74) is 7.14. The van der Waals surface area contributed by atoms with Crippen LogP contribution in [0.4, 0.5) is 26.3 Å². The predicted molar refractivity (Wildman–Crippen MR) is 161 cm³/mol. The van der Waals surface area contributed by atoms with E-state index in [0.717, 1.165) is 47.2 Å². The summed E-state index contributed by atoms with van der Waals surface area (Å²) in [4.78, 5) is 11.1. The highest BCUT2D eigenvalue weighted by Crippen LogP contribution is 2.36. The van der Waals surface area contributed by atoms with Gasteiger partial charge in [0.1, 0.15) is 24.7 Å². The van der Waals surface area contributed by atoms with Gasteiger partial charge in [0.05, 0.1) is 26.9 Å². The second-order valence-corrected chi connectivity index (χ2v) is 10.4.